The Hall–Kier alpha value is -0.0800. The Bertz CT molecular complexity index is 277. The molecule has 0 amide bonds. The number of hydrogen-bond donors (Lipinski definition) is 1. The van der Waals surface area contributed by atoms with Gasteiger partial charge in [0.05, 0.1) is 0 Å². The molecule has 2 nitrogen and oxygen atoms in total. The largest absolute Gasteiger partial charge is 0.313 e. The van der Waals surface area contributed by atoms with Gasteiger partial charge in [-0.25, -0.2) is 0 Å². The van der Waals surface area contributed by atoms with Gasteiger partial charge in [0, 0.05) is 24.7 Å². The van der Waals surface area contributed by atoms with Crippen molar-refractivity contribution in [3.8, 4) is 0 Å². The summed E-state index contributed by atoms with van der Waals surface area (Å²) in [6.07, 6.45) is 11.5. The van der Waals surface area contributed by atoms with Gasteiger partial charge in [-0.15, -0.1) is 0 Å². The molecule has 2 unspecified atom stereocenters. The molecule has 1 saturated heterocycles. The van der Waals surface area contributed by atoms with E-state index in [2.05, 4.69) is 24.1 Å². The third-order valence-corrected chi connectivity index (χ3v) is 5.26. The van der Waals surface area contributed by atoms with Gasteiger partial charge in [-0.05, 0) is 56.9 Å². The van der Waals surface area contributed by atoms with Gasteiger partial charge >= 0.3 is 0 Å². The summed E-state index contributed by atoms with van der Waals surface area (Å²) in [6.45, 7) is 7.51. The van der Waals surface area contributed by atoms with Gasteiger partial charge in [-0.2, -0.15) is 0 Å². The van der Waals surface area contributed by atoms with E-state index >= 15 is 0 Å². The number of nitrogens with one attached hydrogen (secondary N) is 1. The molecule has 0 aromatic rings. The van der Waals surface area contributed by atoms with Crippen molar-refractivity contribution >= 4 is 0 Å². The average molecular weight is 250 g/mol. The zero-order chi connectivity index (χ0) is 12.6. The molecule has 2 heteroatoms. The minimum Gasteiger partial charge on any atom is -0.313 e. The van der Waals surface area contributed by atoms with Gasteiger partial charge < -0.3 is 5.32 Å². The summed E-state index contributed by atoms with van der Waals surface area (Å²) in [7, 11) is 0. The molecule has 0 spiro atoms. The molecular weight excluding hydrogens is 220 g/mol. The zero-order valence-electron chi connectivity index (χ0n) is 12.3. The maximum atomic E-state index is 3.69. The lowest BCUT2D eigenvalue weighted by molar-refractivity contribution is 0.0814. The first-order valence-corrected chi connectivity index (χ1v) is 8.13. The molecule has 2 aliphatic carbocycles. The molecule has 0 bridgehead atoms. The fourth-order valence-electron chi connectivity index (χ4n) is 4.11. The smallest absolute Gasteiger partial charge is 0.0195 e. The fraction of sp³-hybridized carbons (Fsp3) is 1.00. The molecular formula is C16H30N2. The molecule has 1 N–H and O–H groups in total. The van der Waals surface area contributed by atoms with E-state index in [1.54, 1.807) is 0 Å². The first-order chi connectivity index (χ1) is 8.64. The minimum atomic E-state index is 0.583. The van der Waals surface area contributed by atoms with Crippen LogP contribution in [0.25, 0.3) is 0 Å². The van der Waals surface area contributed by atoms with Crippen molar-refractivity contribution in [2.75, 3.05) is 13.1 Å². The van der Waals surface area contributed by atoms with Crippen molar-refractivity contribution in [3.05, 3.63) is 0 Å². The normalized spacial score (nSPS) is 36.2. The van der Waals surface area contributed by atoms with Crippen molar-refractivity contribution in [3.63, 3.8) is 0 Å². The van der Waals surface area contributed by atoms with Crippen LogP contribution in [0.3, 0.4) is 0 Å². The molecule has 2 atom stereocenters. The Kier molecular flexibility index (Phi) is 3.68. The van der Waals surface area contributed by atoms with Crippen molar-refractivity contribution in [2.45, 2.75) is 83.3 Å². The van der Waals surface area contributed by atoms with Crippen LogP contribution >= 0.6 is 0 Å². The SMILES string of the molecule is CC1(C)CCCC(N(CC2CCCN2)C2CC2)C1. The lowest BCUT2D eigenvalue weighted by Crippen LogP contribution is -2.47. The first kappa shape index (κ1) is 12.9. The van der Waals surface area contributed by atoms with Crippen LogP contribution in [0.15, 0.2) is 0 Å². The van der Waals surface area contributed by atoms with Crippen molar-refractivity contribution in [1.29, 1.82) is 0 Å². The molecule has 3 aliphatic rings. The van der Waals surface area contributed by atoms with Crippen LogP contribution in [0.5, 0.6) is 0 Å². The van der Waals surface area contributed by atoms with Gasteiger partial charge in [0.1, 0.15) is 0 Å². The Morgan fingerprint density at radius 3 is 2.50 bits per heavy atom. The van der Waals surface area contributed by atoms with E-state index < -0.39 is 0 Å². The molecule has 3 fully saturated rings. The summed E-state index contributed by atoms with van der Waals surface area (Å²) >= 11 is 0. The maximum absolute atomic E-state index is 3.69. The summed E-state index contributed by atoms with van der Waals surface area (Å²) in [5.74, 6) is 0. The lowest BCUT2D eigenvalue weighted by atomic mass is 9.74. The Labute approximate surface area is 113 Å². The summed E-state index contributed by atoms with van der Waals surface area (Å²) in [5.41, 5.74) is 0.583. The van der Waals surface area contributed by atoms with Crippen LogP contribution < -0.4 is 5.32 Å². The topological polar surface area (TPSA) is 15.3 Å². The van der Waals surface area contributed by atoms with Gasteiger partial charge in [0.2, 0.25) is 0 Å². The Morgan fingerprint density at radius 1 is 1.06 bits per heavy atom. The van der Waals surface area contributed by atoms with E-state index in [0.717, 1.165) is 18.1 Å². The zero-order valence-corrected chi connectivity index (χ0v) is 12.3. The average Bonchev–Trinajstić information content (AvgIpc) is 3.02. The molecule has 1 aliphatic heterocycles. The highest BCUT2D eigenvalue weighted by Gasteiger charge is 2.39. The second-order valence-corrected chi connectivity index (χ2v) is 7.64. The highest BCUT2D eigenvalue weighted by atomic mass is 15.2. The van der Waals surface area contributed by atoms with Crippen LogP contribution in [0.1, 0.15) is 65.2 Å². The highest BCUT2D eigenvalue weighted by Crippen LogP contribution is 2.41. The molecule has 2 saturated carbocycles. The monoisotopic (exact) mass is 250 g/mol. The van der Waals surface area contributed by atoms with Gasteiger partial charge in [-0.3, -0.25) is 4.90 Å². The summed E-state index contributed by atoms with van der Waals surface area (Å²) in [5, 5.41) is 3.69. The van der Waals surface area contributed by atoms with Gasteiger partial charge in [0.25, 0.3) is 0 Å². The second kappa shape index (κ2) is 5.13. The summed E-state index contributed by atoms with van der Waals surface area (Å²) in [4.78, 5) is 2.89. The molecule has 0 aromatic heterocycles. The van der Waals surface area contributed by atoms with E-state index in [4.69, 9.17) is 0 Å². The van der Waals surface area contributed by atoms with Gasteiger partial charge in [-0.1, -0.05) is 20.3 Å². The van der Waals surface area contributed by atoms with Crippen LogP contribution in [0.2, 0.25) is 0 Å². The highest BCUT2D eigenvalue weighted by molar-refractivity contribution is 4.95. The van der Waals surface area contributed by atoms with Crippen molar-refractivity contribution < 1.29 is 0 Å². The summed E-state index contributed by atoms with van der Waals surface area (Å²) < 4.78 is 0. The Morgan fingerprint density at radius 2 is 1.89 bits per heavy atom. The van der Waals surface area contributed by atoms with E-state index in [-0.39, 0.29) is 0 Å². The van der Waals surface area contributed by atoms with Crippen LogP contribution in [-0.2, 0) is 0 Å². The van der Waals surface area contributed by atoms with Crippen LogP contribution in [0, 0.1) is 5.41 Å². The number of nitrogens with zero attached hydrogens (tertiary/aromatic N) is 1. The van der Waals surface area contributed by atoms with Crippen molar-refractivity contribution in [2.24, 2.45) is 5.41 Å². The number of rotatable bonds is 4. The molecule has 0 aromatic carbocycles. The Balaban J connectivity index is 1.61. The molecule has 104 valence electrons. The predicted molar refractivity (Wildman–Crippen MR) is 76.8 cm³/mol. The molecule has 1 heterocycles. The maximum Gasteiger partial charge on any atom is 0.0195 e. The van der Waals surface area contributed by atoms with Crippen molar-refractivity contribution in [1.82, 2.24) is 10.2 Å². The third kappa shape index (κ3) is 3.08. The lowest BCUT2D eigenvalue weighted by Gasteiger charge is -2.42. The van der Waals surface area contributed by atoms with Crippen LogP contribution in [-0.4, -0.2) is 36.1 Å². The quantitative estimate of drug-likeness (QED) is 0.824. The predicted octanol–water partition coefficient (Wildman–Crippen LogP) is 3.17. The van der Waals surface area contributed by atoms with Crippen LogP contribution in [0.4, 0.5) is 0 Å². The molecule has 18 heavy (non-hydrogen) atoms. The molecule has 3 rings (SSSR count). The standard InChI is InChI=1S/C16H30N2/c1-16(2)9-3-6-15(11-16)18(14-7-8-14)12-13-5-4-10-17-13/h13-15,17H,3-12H2,1-2H3. The first-order valence-electron chi connectivity index (χ1n) is 8.13. The molecule has 0 radical (unpaired) electrons. The number of hydrogen-bond acceptors (Lipinski definition) is 2. The van der Waals surface area contributed by atoms with E-state index in [1.165, 1.54) is 64.5 Å². The fourth-order valence-corrected chi connectivity index (χ4v) is 4.11. The second-order valence-electron chi connectivity index (χ2n) is 7.64. The minimum absolute atomic E-state index is 0.583. The third-order valence-electron chi connectivity index (χ3n) is 5.26. The van der Waals surface area contributed by atoms with E-state index in [1.807, 2.05) is 0 Å². The summed E-state index contributed by atoms with van der Waals surface area (Å²) in [6, 6.07) is 2.60. The van der Waals surface area contributed by atoms with E-state index in [9.17, 15) is 0 Å². The van der Waals surface area contributed by atoms with Gasteiger partial charge in [0.15, 0.2) is 0 Å². The van der Waals surface area contributed by atoms with E-state index in [0.29, 0.717) is 5.41 Å².